The van der Waals surface area contributed by atoms with Crippen molar-refractivity contribution in [3.8, 4) is 11.1 Å². The average Bonchev–Trinajstić information content (AvgIpc) is 3.39. The van der Waals surface area contributed by atoms with Crippen LogP contribution >= 0.6 is 11.3 Å². The van der Waals surface area contributed by atoms with Gasteiger partial charge in [0.15, 0.2) is 9.84 Å². The molecule has 0 saturated heterocycles. The van der Waals surface area contributed by atoms with Gasteiger partial charge >= 0.3 is 0 Å². The number of nitrogens with zero attached hydrogens (tertiary/aromatic N) is 2. The molecule has 2 aromatic heterocycles. The van der Waals surface area contributed by atoms with Gasteiger partial charge in [-0.15, -0.1) is 11.3 Å². The van der Waals surface area contributed by atoms with Gasteiger partial charge in [0.1, 0.15) is 5.01 Å². The first-order valence-corrected chi connectivity index (χ1v) is 15.8. The highest BCUT2D eigenvalue weighted by atomic mass is 32.2. The third-order valence-corrected chi connectivity index (χ3v) is 9.22. The monoisotopic (exact) mass is 560 g/mol. The highest BCUT2D eigenvalue weighted by Crippen LogP contribution is 2.35. The predicted molar refractivity (Wildman–Crippen MR) is 167 cm³/mol. The van der Waals surface area contributed by atoms with E-state index in [1.54, 1.807) is 23.5 Å². The topological polar surface area (TPSA) is 59.9 Å². The van der Waals surface area contributed by atoms with Crippen LogP contribution in [0.3, 0.4) is 0 Å². The van der Waals surface area contributed by atoms with Crippen LogP contribution < -0.4 is 0 Å². The summed E-state index contributed by atoms with van der Waals surface area (Å²) in [6.07, 6.45) is 5.21. The van der Waals surface area contributed by atoms with Gasteiger partial charge in [0.25, 0.3) is 0 Å². The lowest BCUT2D eigenvalue weighted by Crippen LogP contribution is -1.97. The summed E-state index contributed by atoms with van der Waals surface area (Å²) in [7, 11) is -3.29. The van der Waals surface area contributed by atoms with E-state index in [9.17, 15) is 8.42 Å². The molecule has 4 nitrogen and oxygen atoms in total. The Bertz CT molecular complexity index is 1970. The number of benzene rings is 4. The van der Waals surface area contributed by atoms with Gasteiger partial charge < -0.3 is 0 Å². The predicted octanol–water partition coefficient (Wildman–Crippen LogP) is 8.63. The van der Waals surface area contributed by atoms with Gasteiger partial charge in [-0.3, -0.25) is 4.98 Å². The van der Waals surface area contributed by atoms with Crippen molar-refractivity contribution in [1.29, 1.82) is 0 Å². The van der Waals surface area contributed by atoms with Crippen molar-refractivity contribution in [2.45, 2.75) is 24.7 Å². The number of aromatic nitrogens is 2. The van der Waals surface area contributed by atoms with Crippen LogP contribution in [0.1, 0.15) is 41.5 Å². The van der Waals surface area contributed by atoms with Crippen LogP contribution in [0.15, 0.2) is 108 Å². The zero-order valence-corrected chi connectivity index (χ0v) is 24.1. The summed E-state index contributed by atoms with van der Waals surface area (Å²) in [4.78, 5) is 9.95. The number of hydrogen-bond donors (Lipinski definition) is 0. The molecule has 0 bridgehead atoms. The Kier molecular flexibility index (Phi) is 6.82. The Labute approximate surface area is 238 Å². The average molecular weight is 561 g/mol. The second-order valence-corrected chi connectivity index (χ2v) is 13.3. The quantitative estimate of drug-likeness (QED) is 0.191. The number of hydrogen-bond acceptors (Lipinski definition) is 5. The highest BCUT2D eigenvalue weighted by molar-refractivity contribution is 7.90. The minimum absolute atomic E-state index is 0.298. The Morgan fingerprint density at radius 2 is 1.68 bits per heavy atom. The van der Waals surface area contributed by atoms with E-state index in [1.165, 1.54) is 11.8 Å². The number of para-hydroxylation sites is 1. The largest absolute Gasteiger partial charge is 0.256 e. The standard InChI is InChI=1S/C34H28N2O2S2/c1-22(2)27-20-26-10-7-17-35-33(26)29(21-27)25-9-6-8-23(18-25)19-30(24-13-15-28(16-14-24)40(3,37)38)34-36-31-11-4-5-12-32(31)39-34/h4-22H,1-3H3/b30-19+. The fourth-order valence-corrected chi connectivity index (χ4v) is 6.50. The lowest BCUT2D eigenvalue weighted by molar-refractivity contribution is 0.602. The van der Waals surface area contributed by atoms with Gasteiger partial charge in [-0.25, -0.2) is 13.4 Å². The number of thiazole rings is 1. The molecule has 0 fully saturated rings. The molecule has 6 aromatic rings. The summed E-state index contributed by atoms with van der Waals surface area (Å²) >= 11 is 1.63. The summed E-state index contributed by atoms with van der Waals surface area (Å²) in [5, 5.41) is 2.01. The van der Waals surface area contributed by atoms with Crippen molar-refractivity contribution in [1.82, 2.24) is 9.97 Å². The number of rotatable bonds is 6. The van der Waals surface area contributed by atoms with E-state index in [1.807, 2.05) is 42.6 Å². The molecule has 6 rings (SSSR count). The molecule has 0 N–H and O–H groups in total. The van der Waals surface area contributed by atoms with Crippen LogP contribution in [0.5, 0.6) is 0 Å². The van der Waals surface area contributed by atoms with Crippen molar-refractivity contribution in [2.75, 3.05) is 6.26 Å². The lowest BCUT2D eigenvalue weighted by atomic mass is 9.93. The van der Waals surface area contributed by atoms with Gasteiger partial charge in [0.05, 0.1) is 20.6 Å². The third-order valence-electron chi connectivity index (χ3n) is 7.02. The van der Waals surface area contributed by atoms with E-state index in [-0.39, 0.29) is 0 Å². The molecule has 40 heavy (non-hydrogen) atoms. The molecule has 198 valence electrons. The van der Waals surface area contributed by atoms with E-state index in [0.29, 0.717) is 10.8 Å². The molecule has 2 heterocycles. The summed E-state index contributed by atoms with van der Waals surface area (Å²) in [6.45, 7) is 4.42. The van der Waals surface area contributed by atoms with Crippen LogP contribution in [0.25, 0.3) is 43.9 Å². The van der Waals surface area contributed by atoms with Crippen LogP contribution in [0.4, 0.5) is 0 Å². The van der Waals surface area contributed by atoms with E-state index < -0.39 is 9.84 Å². The normalized spacial score (nSPS) is 12.4. The van der Waals surface area contributed by atoms with Crippen LogP contribution in [-0.4, -0.2) is 24.6 Å². The number of sulfone groups is 1. The van der Waals surface area contributed by atoms with Crippen molar-refractivity contribution in [2.24, 2.45) is 0 Å². The maximum atomic E-state index is 12.1. The third kappa shape index (κ3) is 5.20. The molecular formula is C34H28N2O2S2. The molecule has 0 amide bonds. The van der Waals surface area contributed by atoms with Crippen molar-refractivity contribution < 1.29 is 8.42 Å². The number of pyridine rings is 1. The zero-order chi connectivity index (χ0) is 27.9. The molecule has 0 unspecified atom stereocenters. The number of fused-ring (bicyclic) bond motifs is 2. The second kappa shape index (κ2) is 10.5. The molecule has 6 heteroatoms. The van der Waals surface area contributed by atoms with Gasteiger partial charge in [-0.2, -0.15) is 0 Å². The molecule has 4 aromatic carbocycles. The lowest BCUT2D eigenvalue weighted by Gasteiger charge is -2.13. The summed E-state index contributed by atoms with van der Waals surface area (Å²) in [5.74, 6) is 0.395. The van der Waals surface area contributed by atoms with Gasteiger partial charge in [-0.1, -0.05) is 62.4 Å². The smallest absolute Gasteiger partial charge is 0.175 e. The van der Waals surface area contributed by atoms with Gasteiger partial charge in [0, 0.05) is 29.0 Å². The Hall–Kier alpha value is -4.13. The Morgan fingerprint density at radius 3 is 2.42 bits per heavy atom. The van der Waals surface area contributed by atoms with Crippen LogP contribution in [0.2, 0.25) is 0 Å². The molecule has 0 aliphatic heterocycles. The summed E-state index contributed by atoms with van der Waals surface area (Å²) in [6, 6.07) is 32.2. The Balaban J connectivity index is 1.52. The molecule has 0 spiro atoms. The van der Waals surface area contributed by atoms with Crippen molar-refractivity contribution >= 4 is 53.9 Å². The maximum absolute atomic E-state index is 12.1. The SMILES string of the molecule is CC(C)c1cc(-c2cccc(/C=C(\c3ccc(S(C)(=O)=O)cc3)c3nc4ccccc4s3)c2)c2ncccc2c1. The maximum Gasteiger partial charge on any atom is 0.175 e. The molecule has 0 radical (unpaired) electrons. The Morgan fingerprint density at radius 1 is 0.875 bits per heavy atom. The van der Waals surface area contributed by atoms with Crippen LogP contribution in [0, 0.1) is 0 Å². The first-order chi connectivity index (χ1) is 19.3. The van der Waals surface area contributed by atoms with Crippen molar-refractivity contribution in [3.05, 3.63) is 125 Å². The molecule has 0 atom stereocenters. The molecule has 0 aliphatic rings. The van der Waals surface area contributed by atoms with E-state index in [0.717, 1.165) is 54.0 Å². The van der Waals surface area contributed by atoms with E-state index in [2.05, 4.69) is 68.5 Å². The minimum Gasteiger partial charge on any atom is -0.256 e. The van der Waals surface area contributed by atoms with Gasteiger partial charge in [0.2, 0.25) is 0 Å². The van der Waals surface area contributed by atoms with Crippen LogP contribution in [-0.2, 0) is 9.84 Å². The zero-order valence-electron chi connectivity index (χ0n) is 22.5. The summed E-state index contributed by atoms with van der Waals surface area (Å²) in [5.41, 5.74) is 8.28. The molecule has 0 saturated carbocycles. The van der Waals surface area contributed by atoms with E-state index in [4.69, 9.17) is 9.97 Å². The fourth-order valence-electron chi connectivity index (χ4n) is 4.87. The first kappa shape index (κ1) is 26.1. The van der Waals surface area contributed by atoms with Gasteiger partial charge in [-0.05, 0) is 82.8 Å². The summed E-state index contributed by atoms with van der Waals surface area (Å²) < 4.78 is 25.3. The minimum atomic E-state index is -3.29. The first-order valence-electron chi connectivity index (χ1n) is 13.1. The molecular weight excluding hydrogens is 533 g/mol. The second-order valence-electron chi connectivity index (χ2n) is 10.3. The van der Waals surface area contributed by atoms with E-state index >= 15 is 0 Å². The van der Waals surface area contributed by atoms with Crippen molar-refractivity contribution in [3.63, 3.8) is 0 Å². The molecule has 0 aliphatic carbocycles. The highest BCUT2D eigenvalue weighted by Gasteiger charge is 2.15. The fraction of sp³-hybridized carbons (Fsp3) is 0.118.